The van der Waals surface area contributed by atoms with Gasteiger partial charge in [0.25, 0.3) is 0 Å². The lowest BCUT2D eigenvalue weighted by Crippen LogP contribution is -2.01. The molecule has 0 saturated carbocycles. The van der Waals surface area contributed by atoms with Gasteiger partial charge in [-0.15, -0.1) is 0 Å². The summed E-state index contributed by atoms with van der Waals surface area (Å²) < 4.78 is 5.38. The Kier molecular flexibility index (Phi) is 4.34. The van der Waals surface area contributed by atoms with Crippen LogP contribution in [-0.2, 0) is 11.3 Å². The van der Waals surface area contributed by atoms with Crippen molar-refractivity contribution in [3.8, 4) is 11.1 Å². The van der Waals surface area contributed by atoms with Gasteiger partial charge in [-0.1, -0.05) is 42.5 Å². The highest BCUT2D eigenvalue weighted by Gasteiger charge is 2.06. The maximum absolute atomic E-state index is 8.73. The van der Waals surface area contributed by atoms with Crippen molar-refractivity contribution in [1.82, 2.24) is 0 Å². The van der Waals surface area contributed by atoms with Crippen molar-refractivity contribution in [2.45, 2.75) is 6.61 Å². The van der Waals surface area contributed by atoms with Crippen LogP contribution in [0.4, 0.5) is 5.69 Å². The fraction of sp³-hybridized carbons (Fsp3) is 0.200. The minimum atomic E-state index is 0.0373. The minimum Gasteiger partial charge on any atom is -0.398 e. The molecule has 2 rings (SSSR count). The quantitative estimate of drug-likeness (QED) is 0.626. The second-order valence-electron chi connectivity index (χ2n) is 4.02. The first-order chi connectivity index (χ1) is 8.83. The van der Waals surface area contributed by atoms with E-state index >= 15 is 0 Å². The summed E-state index contributed by atoms with van der Waals surface area (Å²) in [5.41, 5.74) is 9.92. The van der Waals surface area contributed by atoms with Gasteiger partial charge >= 0.3 is 0 Å². The number of benzene rings is 2. The maximum atomic E-state index is 8.73. The van der Waals surface area contributed by atoms with Crippen molar-refractivity contribution < 1.29 is 9.84 Å². The lowest BCUT2D eigenvalue weighted by atomic mass is 9.99. The van der Waals surface area contributed by atoms with Gasteiger partial charge in [0, 0.05) is 11.3 Å². The maximum Gasteiger partial charge on any atom is 0.0724 e. The van der Waals surface area contributed by atoms with Crippen LogP contribution in [0.2, 0.25) is 0 Å². The normalized spacial score (nSPS) is 10.5. The number of rotatable bonds is 5. The van der Waals surface area contributed by atoms with Gasteiger partial charge in [0.2, 0.25) is 0 Å². The molecule has 0 amide bonds. The number of aliphatic hydroxyl groups is 1. The Hall–Kier alpha value is -1.84. The van der Waals surface area contributed by atoms with Gasteiger partial charge in [-0.25, -0.2) is 0 Å². The number of nitrogens with two attached hydrogens (primary N) is 1. The number of para-hydroxylation sites is 1. The first kappa shape index (κ1) is 12.6. The molecule has 0 saturated heterocycles. The third-order valence-electron chi connectivity index (χ3n) is 2.76. The van der Waals surface area contributed by atoms with E-state index in [0.29, 0.717) is 13.2 Å². The molecule has 2 aromatic rings. The van der Waals surface area contributed by atoms with Crippen molar-refractivity contribution in [2.75, 3.05) is 18.9 Å². The van der Waals surface area contributed by atoms with E-state index in [4.69, 9.17) is 15.6 Å². The molecule has 0 aliphatic heterocycles. The monoisotopic (exact) mass is 243 g/mol. The van der Waals surface area contributed by atoms with Gasteiger partial charge in [0.15, 0.2) is 0 Å². The molecule has 94 valence electrons. The van der Waals surface area contributed by atoms with Crippen LogP contribution in [0.15, 0.2) is 48.5 Å². The summed E-state index contributed by atoms with van der Waals surface area (Å²) in [6.45, 7) is 0.860. The zero-order valence-electron chi connectivity index (χ0n) is 10.2. The van der Waals surface area contributed by atoms with E-state index in [1.165, 1.54) is 0 Å². The number of anilines is 1. The number of aliphatic hydroxyl groups excluding tert-OH is 1. The van der Waals surface area contributed by atoms with Crippen molar-refractivity contribution in [1.29, 1.82) is 0 Å². The smallest absolute Gasteiger partial charge is 0.0724 e. The van der Waals surface area contributed by atoms with Crippen LogP contribution in [0, 0.1) is 0 Å². The first-order valence-corrected chi connectivity index (χ1v) is 5.94. The molecule has 3 nitrogen and oxygen atoms in total. The molecule has 0 aliphatic rings. The van der Waals surface area contributed by atoms with Crippen molar-refractivity contribution >= 4 is 5.69 Å². The van der Waals surface area contributed by atoms with E-state index in [-0.39, 0.29) is 6.61 Å². The van der Waals surface area contributed by atoms with Crippen LogP contribution in [0.3, 0.4) is 0 Å². The number of ether oxygens (including phenoxy) is 1. The third kappa shape index (κ3) is 2.88. The molecular weight excluding hydrogens is 226 g/mol. The van der Waals surface area contributed by atoms with Gasteiger partial charge in [-0.3, -0.25) is 0 Å². The van der Waals surface area contributed by atoms with Gasteiger partial charge in [0.05, 0.1) is 19.8 Å². The third-order valence-corrected chi connectivity index (χ3v) is 2.76. The van der Waals surface area contributed by atoms with Crippen LogP contribution >= 0.6 is 0 Å². The molecule has 0 aliphatic carbocycles. The second-order valence-corrected chi connectivity index (χ2v) is 4.02. The van der Waals surface area contributed by atoms with E-state index in [1.54, 1.807) is 0 Å². The zero-order chi connectivity index (χ0) is 12.8. The predicted octanol–water partition coefficient (Wildman–Crippen LogP) is 2.44. The fourth-order valence-corrected chi connectivity index (χ4v) is 1.90. The lowest BCUT2D eigenvalue weighted by molar-refractivity contribution is 0.0818. The number of hydrogen-bond donors (Lipinski definition) is 2. The molecule has 18 heavy (non-hydrogen) atoms. The molecule has 0 heterocycles. The van der Waals surface area contributed by atoms with Crippen molar-refractivity contribution in [2.24, 2.45) is 0 Å². The highest BCUT2D eigenvalue weighted by atomic mass is 16.5. The van der Waals surface area contributed by atoms with Crippen molar-refractivity contribution in [3.05, 3.63) is 54.1 Å². The molecule has 0 spiro atoms. The highest BCUT2D eigenvalue weighted by Crippen LogP contribution is 2.28. The molecule has 0 bridgehead atoms. The Morgan fingerprint density at radius 2 is 1.61 bits per heavy atom. The Morgan fingerprint density at radius 3 is 2.33 bits per heavy atom. The predicted molar refractivity (Wildman–Crippen MR) is 73.0 cm³/mol. The Bertz CT molecular complexity index is 511. The zero-order valence-corrected chi connectivity index (χ0v) is 10.2. The van der Waals surface area contributed by atoms with Crippen LogP contribution in [-0.4, -0.2) is 18.3 Å². The van der Waals surface area contributed by atoms with E-state index < -0.39 is 0 Å². The van der Waals surface area contributed by atoms with Gasteiger partial charge in [0.1, 0.15) is 0 Å². The summed E-state index contributed by atoms with van der Waals surface area (Å²) in [5.74, 6) is 0. The van der Waals surface area contributed by atoms with E-state index in [9.17, 15) is 0 Å². The average molecular weight is 243 g/mol. The highest BCUT2D eigenvalue weighted by molar-refractivity contribution is 5.78. The molecule has 3 N–H and O–H groups in total. The fourth-order valence-electron chi connectivity index (χ4n) is 1.90. The van der Waals surface area contributed by atoms with Gasteiger partial charge < -0.3 is 15.6 Å². The van der Waals surface area contributed by atoms with Crippen LogP contribution in [0.1, 0.15) is 5.56 Å². The molecule has 0 radical (unpaired) electrons. The second kappa shape index (κ2) is 6.19. The van der Waals surface area contributed by atoms with E-state index in [0.717, 1.165) is 22.4 Å². The number of nitrogen functional groups attached to an aromatic ring is 1. The molecule has 2 aromatic carbocycles. The minimum absolute atomic E-state index is 0.0373. The Balaban J connectivity index is 2.30. The van der Waals surface area contributed by atoms with Crippen LogP contribution < -0.4 is 5.73 Å². The standard InChI is InChI=1S/C15H17NO2/c16-15-8-4-3-7-14(15)13-6-2-1-5-12(13)11-18-10-9-17/h1-8,17H,9-11,16H2. The van der Waals surface area contributed by atoms with Crippen LogP contribution in [0.25, 0.3) is 11.1 Å². The SMILES string of the molecule is Nc1ccccc1-c1ccccc1COCCO. The van der Waals surface area contributed by atoms with E-state index in [2.05, 4.69) is 0 Å². The summed E-state index contributed by atoms with van der Waals surface area (Å²) in [7, 11) is 0. The summed E-state index contributed by atoms with van der Waals surface area (Å²) in [6.07, 6.45) is 0. The molecule has 0 fully saturated rings. The Morgan fingerprint density at radius 1 is 0.944 bits per heavy atom. The topological polar surface area (TPSA) is 55.5 Å². The summed E-state index contributed by atoms with van der Waals surface area (Å²) in [6, 6.07) is 15.8. The summed E-state index contributed by atoms with van der Waals surface area (Å²) in [4.78, 5) is 0. The molecule has 0 aromatic heterocycles. The Labute approximate surface area is 107 Å². The van der Waals surface area contributed by atoms with E-state index in [1.807, 2.05) is 48.5 Å². The van der Waals surface area contributed by atoms with Gasteiger partial charge in [-0.05, 0) is 17.2 Å². The van der Waals surface area contributed by atoms with Crippen molar-refractivity contribution in [3.63, 3.8) is 0 Å². The lowest BCUT2D eigenvalue weighted by Gasteiger charge is -2.11. The summed E-state index contributed by atoms with van der Waals surface area (Å²) >= 11 is 0. The molecule has 0 atom stereocenters. The van der Waals surface area contributed by atoms with Gasteiger partial charge in [-0.2, -0.15) is 0 Å². The molecular formula is C15H17NO2. The molecule has 3 heteroatoms. The first-order valence-electron chi connectivity index (χ1n) is 5.94. The molecule has 0 unspecified atom stereocenters. The van der Waals surface area contributed by atoms with Crippen LogP contribution in [0.5, 0.6) is 0 Å². The average Bonchev–Trinajstić information content (AvgIpc) is 2.40. The largest absolute Gasteiger partial charge is 0.398 e. The number of hydrogen-bond acceptors (Lipinski definition) is 3. The summed E-state index contributed by atoms with van der Waals surface area (Å²) in [5, 5.41) is 8.73.